The first-order chi connectivity index (χ1) is 13.2. The van der Waals surface area contributed by atoms with Gasteiger partial charge in [-0.1, -0.05) is 0 Å². The van der Waals surface area contributed by atoms with Gasteiger partial charge in [0, 0.05) is 41.3 Å². The quantitative estimate of drug-likeness (QED) is 0.621. The fourth-order valence-electron chi connectivity index (χ4n) is 4.89. The Balaban J connectivity index is 1.86. The minimum atomic E-state index is -0.212. The molecule has 1 fully saturated rings. The van der Waals surface area contributed by atoms with E-state index in [1.54, 1.807) is 12.1 Å². The molecule has 1 saturated heterocycles. The van der Waals surface area contributed by atoms with E-state index in [1.165, 1.54) is 0 Å². The second kappa shape index (κ2) is 6.85. The molecule has 146 valence electrons. The van der Waals surface area contributed by atoms with E-state index in [-0.39, 0.29) is 16.9 Å². The number of aromatic nitrogens is 2. The molecule has 3 nitrogen and oxygen atoms in total. The standard InChI is InChI=1S/C24H28FN3/c1-23(2)15-20(16-24(3,4)27-23)28-14-11-21(17-9-12-26-13-10-17)22(28)18-5-7-19(25)8-6-18/h5-14,20,27H,15-16H2,1-4H3. The smallest absolute Gasteiger partial charge is 0.123 e. The van der Waals surface area contributed by atoms with Gasteiger partial charge in [-0.25, -0.2) is 4.39 Å². The molecule has 2 aromatic heterocycles. The molecule has 1 N–H and O–H groups in total. The molecule has 4 rings (SSSR count). The van der Waals surface area contributed by atoms with Crippen LogP contribution in [-0.4, -0.2) is 20.6 Å². The predicted molar refractivity (Wildman–Crippen MR) is 113 cm³/mol. The SMILES string of the molecule is CC1(C)CC(n2ccc(-c3ccncc3)c2-c2ccc(F)cc2)CC(C)(C)N1. The Morgan fingerprint density at radius 2 is 1.50 bits per heavy atom. The van der Waals surface area contributed by atoms with Crippen LogP contribution in [0.25, 0.3) is 22.4 Å². The Morgan fingerprint density at radius 1 is 0.893 bits per heavy atom. The van der Waals surface area contributed by atoms with Crippen LogP contribution in [0.2, 0.25) is 0 Å². The Bertz CT molecular complexity index is 939. The van der Waals surface area contributed by atoms with Crippen LogP contribution in [0.1, 0.15) is 46.6 Å². The van der Waals surface area contributed by atoms with Crippen molar-refractivity contribution in [2.75, 3.05) is 0 Å². The lowest BCUT2D eigenvalue weighted by molar-refractivity contribution is 0.133. The third kappa shape index (κ3) is 3.74. The molecular formula is C24H28FN3. The van der Waals surface area contributed by atoms with E-state index in [0.29, 0.717) is 6.04 Å². The highest BCUT2D eigenvalue weighted by molar-refractivity contribution is 5.81. The van der Waals surface area contributed by atoms with Crippen LogP contribution in [0.5, 0.6) is 0 Å². The first-order valence-corrected chi connectivity index (χ1v) is 9.91. The highest BCUT2D eigenvalue weighted by Crippen LogP contribution is 2.41. The first-order valence-electron chi connectivity index (χ1n) is 9.91. The van der Waals surface area contributed by atoms with Gasteiger partial charge in [0.05, 0.1) is 5.69 Å². The number of rotatable bonds is 3. The number of pyridine rings is 1. The zero-order valence-electron chi connectivity index (χ0n) is 17.0. The highest BCUT2D eigenvalue weighted by Gasteiger charge is 2.39. The summed E-state index contributed by atoms with van der Waals surface area (Å²) >= 11 is 0. The van der Waals surface area contributed by atoms with Gasteiger partial charge in [0.2, 0.25) is 0 Å². The maximum absolute atomic E-state index is 13.6. The van der Waals surface area contributed by atoms with Gasteiger partial charge in [0.15, 0.2) is 0 Å². The van der Waals surface area contributed by atoms with Gasteiger partial charge in [-0.3, -0.25) is 4.98 Å². The number of hydrogen-bond donors (Lipinski definition) is 1. The minimum Gasteiger partial charge on any atom is -0.344 e. The third-order valence-corrected chi connectivity index (χ3v) is 5.59. The summed E-state index contributed by atoms with van der Waals surface area (Å²) in [6.45, 7) is 9.08. The van der Waals surface area contributed by atoms with Crippen LogP contribution < -0.4 is 5.32 Å². The van der Waals surface area contributed by atoms with Gasteiger partial charge in [0.1, 0.15) is 5.82 Å². The largest absolute Gasteiger partial charge is 0.344 e. The zero-order chi connectivity index (χ0) is 19.9. The average molecular weight is 378 g/mol. The summed E-state index contributed by atoms with van der Waals surface area (Å²) in [5.74, 6) is -0.212. The van der Waals surface area contributed by atoms with Crippen molar-refractivity contribution in [1.82, 2.24) is 14.9 Å². The van der Waals surface area contributed by atoms with E-state index < -0.39 is 0 Å². The number of hydrogen-bond acceptors (Lipinski definition) is 2. The van der Waals surface area contributed by atoms with E-state index in [2.05, 4.69) is 54.8 Å². The summed E-state index contributed by atoms with van der Waals surface area (Å²) in [6, 6.07) is 13.4. The van der Waals surface area contributed by atoms with Crippen LogP contribution in [0.4, 0.5) is 4.39 Å². The molecule has 3 heterocycles. The molecule has 3 aromatic rings. The Kier molecular flexibility index (Phi) is 4.62. The number of piperidine rings is 1. The average Bonchev–Trinajstić information content (AvgIpc) is 3.05. The Morgan fingerprint density at radius 3 is 2.11 bits per heavy atom. The number of halogens is 1. The van der Waals surface area contributed by atoms with Crippen LogP contribution in [0.15, 0.2) is 61.1 Å². The van der Waals surface area contributed by atoms with Crippen molar-refractivity contribution in [3.05, 3.63) is 66.9 Å². The number of benzene rings is 1. The second-order valence-electron chi connectivity index (χ2n) is 9.18. The van der Waals surface area contributed by atoms with Crippen LogP contribution in [0, 0.1) is 5.82 Å². The summed E-state index contributed by atoms with van der Waals surface area (Å²) in [4.78, 5) is 4.15. The maximum Gasteiger partial charge on any atom is 0.123 e. The van der Waals surface area contributed by atoms with E-state index in [0.717, 1.165) is 35.2 Å². The van der Waals surface area contributed by atoms with Crippen molar-refractivity contribution in [3.8, 4) is 22.4 Å². The number of nitrogens with one attached hydrogen (secondary N) is 1. The summed E-state index contributed by atoms with van der Waals surface area (Å²) in [5, 5.41) is 3.77. The van der Waals surface area contributed by atoms with Crippen LogP contribution in [-0.2, 0) is 0 Å². The van der Waals surface area contributed by atoms with Crippen LogP contribution in [0.3, 0.4) is 0 Å². The van der Waals surface area contributed by atoms with Crippen molar-refractivity contribution in [2.45, 2.75) is 57.7 Å². The lowest BCUT2D eigenvalue weighted by Crippen LogP contribution is -2.57. The summed E-state index contributed by atoms with van der Waals surface area (Å²) in [7, 11) is 0. The van der Waals surface area contributed by atoms with E-state index in [9.17, 15) is 4.39 Å². The fourth-order valence-corrected chi connectivity index (χ4v) is 4.89. The van der Waals surface area contributed by atoms with Gasteiger partial charge >= 0.3 is 0 Å². The van der Waals surface area contributed by atoms with Crippen molar-refractivity contribution in [3.63, 3.8) is 0 Å². The highest BCUT2D eigenvalue weighted by atomic mass is 19.1. The molecule has 0 bridgehead atoms. The zero-order valence-corrected chi connectivity index (χ0v) is 17.0. The third-order valence-electron chi connectivity index (χ3n) is 5.59. The van der Waals surface area contributed by atoms with Crippen molar-refractivity contribution in [2.24, 2.45) is 0 Å². The molecule has 1 aromatic carbocycles. The molecule has 0 unspecified atom stereocenters. The summed E-state index contributed by atoms with van der Waals surface area (Å²) in [6.07, 6.45) is 7.90. The van der Waals surface area contributed by atoms with Gasteiger partial charge in [-0.05, 0) is 94.1 Å². The molecular weight excluding hydrogens is 349 g/mol. The Labute approximate surface area is 166 Å². The Hall–Kier alpha value is -2.46. The van der Waals surface area contributed by atoms with Crippen molar-refractivity contribution >= 4 is 0 Å². The normalized spacial score (nSPS) is 18.9. The van der Waals surface area contributed by atoms with E-state index in [1.807, 2.05) is 36.7 Å². The van der Waals surface area contributed by atoms with Crippen LogP contribution >= 0.6 is 0 Å². The minimum absolute atomic E-state index is 0.0492. The number of nitrogens with zero attached hydrogens (tertiary/aromatic N) is 2. The molecule has 0 amide bonds. The molecule has 4 heteroatoms. The van der Waals surface area contributed by atoms with E-state index in [4.69, 9.17) is 0 Å². The summed E-state index contributed by atoms with van der Waals surface area (Å²) < 4.78 is 16.0. The topological polar surface area (TPSA) is 29.9 Å². The summed E-state index contributed by atoms with van der Waals surface area (Å²) in [5.41, 5.74) is 4.56. The van der Waals surface area contributed by atoms with Gasteiger partial charge < -0.3 is 9.88 Å². The fraction of sp³-hybridized carbons (Fsp3) is 0.375. The van der Waals surface area contributed by atoms with Gasteiger partial charge in [-0.15, -0.1) is 0 Å². The molecule has 0 spiro atoms. The van der Waals surface area contributed by atoms with Crippen molar-refractivity contribution < 1.29 is 4.39 Å². The maximum atomic E-state index is 13.6. The van der Waals surface area contributed by atoms with E-state index >= 15 is 0 Å². The first kappa shape index (κ1) is 18.9. The molecule has 0 saturated carbocycles. The molecule has 1 aliphatic rings. The second-order valence-corrected chi connectivity index (χ2v) is 9.18. The molecule has 1 aliphatic heterocycles. The van der Waals surface area contributed by atoms with Gasteiger partial charge in [-0.2, -0.15) is 0 Å². The van der Waals surface area contributed by atoms with Gasteiger partial charge in [0.25, 0.3) is 0 Å². The molecule has 0 radical (unpaired) electrons. The molecule has 0 aliphatic carbocycles. The molecule has 28 heavy (non-hydrogen) atoms. The molecule has 0 atom stereocenters. The van der Waals surface area contributed by atoms with Crippen molar-refractivity contribution in [1.29, 1.82) is 0 Å². The lowest BCUT2D eigenvalue weighted by atomic mass is 9.79. The predicted octanol–water partition coefficient (Wildman–Crippen LogP) is 5.84. The lowest BCUT2D eigenvalue weighted by Gasteiger charge is -2.47. The monoisotopic (exact) mass is 377 g/mol.